The lowest BCUT2D eigenvalue weighted by atomic mass is 10.1. The molecule has 0 fully saturated rings. The highest BCUT2D eigenvalue weighted by Gasteiger charge is 2.10. The normalized spacial score (nSPS) is 10.2. The van der Waals surface area contributed by atoms with Gasteiger partial charge in [-0.2, -0.15) is 0 Å². The highest BCUT2D eigenvalue weighted by atomic mass is 19.2. The van der Waals surface area contributed by atoms with Crippen LogP contribution in [0.2, 0.25) is 0 Å². The van der Waals surface area contributed by atoms with Crippen molar-refractivity contribution in [3.8, 4) is 0 Å². The number of carbonyl (C=O) groups excluding carboxylic acids is 2. The maximum absolute atomic E-state index is 12.9. The number of carbonyl (C=O) groups is 2. The van der Waals surface area contributed by atoms with E-state index in [1.54, 1.807) is 6.92 Å². The first kappa shape index (κ1) is 14.3. The predicted molar refractivity (Wildman–Crippen MR) is 60.9 cm³/mol. The number of ether oxygens (including phenoxy) is 1. The fraction of sp³-hybridized carbons (Fsp3) is 0.385. The van der Waals surface area contributed by atoms with Crippen LogP contribution in [0.5, 0.6) is 0 Å². The van der Waals surface area contributed by atoms with Gasteiger partial charge < -0.3 is 4.74 Å². The minimum Gasteiger partial charge on any atom is -0.466 e. The molecule has 0 atom stereocenters. The Balaban J connectivity index is 2.44. The molecule has 0 amide bonds. The third-order valence-corrected chi connectivity index (χ3v) is 2.30. The van der Waals surface area contributed by atoms with Gasteiger partial charge >= 0.3 is 5.97 Å². The average molecular weight is 256 g/mol. The van der Waals surface area contributed by atoms with Crippen LogP contribution in [0.25, 0.3) is 0 Å². The molecule has 0 aliphatic rings. The van der Waals surface area contributed by atoms with E-state index < -0.39 is 17.6 Å². The summed E-state index contributed by atoms with van der Waals surface area (Å²) in [7, 11) is 0. The molecule has 0 bridgehead atoms. The number of halogens is 2. The monoisotopic (exact) mass is 256 g/mol. The van der Waals surface area contributed by atoms with Gasteiger partial charge in [-0.1, -0.05) is 6.07 Å². The zero-order valence-electron chi connectivity index (χ0n) is 10.0. The van der Waals surface area contributed by atoms with Crippen LogP contribution in [0.1, 0.15) is 25.3 Å². The molecule has 0 saturated heterocycles. The van der Waals surface area contributed by atoms with E-state index in [9.17, 15) is 18.4 Å². The minimum atomic E-state index is -0.981. The Bertz CT molecular complexity index is 444. The van der Waals surface area contributed by atoms with Gasteiger partial charge in [0.15, 0.2) is 11.6 Å². The van der Waals surface area contributed by atoms with Gasteiger partial charge in [0.05, 0.1) is 13.0 Å². The van der Waals surface area contributed by atoms with E-state index in [-0.39, 0.29) is 31.7 Å². The Labute approximate surface area is 104 Å². The first-order valence-corrected chi connectivity index (χ1v) is 5.64. The van der Waals surface area contributed by atoms with Crippen molar-refractivity contribution in [2.45, 2.75) is 26.2 Å². The molecule has 0 heterocycles. The van der Waals surface area contributed by atoms with Crippen LogP contribution in [0.15, 0.2) is 18.2 Å². The largest absolute Gasteiger partial charge is 0.466 e. The second kappa shape index (κ2) is 6.83. The lowest BCUT2D eigenvalue weighted by molar-refractivity contribution is -0.144. The number of esters is 1. The van der Waals surface area contributed by atoms with E-state index in [2.05, 4.69) is 4.74 Å². The number of benzene rings is 1. The minimum absolute atomic E-state index is 0.0103. The first-order valence-electron chi connectivity index (χ1n) is 5.64. The van der Waals surface area contributed by atoms with Crippen LogP contribution in [0, 0.1) is 11.6 Å². The molecule has 0 aromatic heterocycles. The number of Topliss-reactive ketones (excluding diaryl/α,β-unsaturated/α-hetero) is 1. The van der Waals surface area contributed by atoms with Crippen molar-refractivity contribution in [3.05, 3.63) is 35.4 Å². The Morgan fingerprint density at radius 3 is 2.50 bits per heavy atom. The molecule has 5 heteroatoms. The van der Waals surface area contributed by atoms with E-state index in [1.165, 1.54) is 6.07 Å². The van der Waals surface area contributed by atoms with Crippen LogP contribution < -0.4 is 0 Å². The number of hydrogen-bond acceptors (Lipinski definition) is 3. The quantitative estimate of drug-likeness (QED) is 0.734. The van der Waals surface area contributed by atoms with Crippen LogP contribution in [-0.2, 0) is 20.7 Å². The van der Waals surface area contributed by atoms with Crippen molar-refractivity contribution in [2.75, 3.05) is 6.61 Å². The summed E-state index contributed by atoms with van der Waals surface area (Å²) in [6.45, 7) is 1.96. The van der Waals surface area contributed by atoms with Crippen molar-refractivity contribution in [1.82, 2.24) is 0 Å². The van der Waals surface area contributed by atoms with Gasteiger partial charge in [0.1, 0.15) is 5.78 Å². The Kier molecular flexibility index (Phi) is 5.42. The molecule has 1 aromatic rings. The lowest BCUT2D eigenvalue weighted by Crippen LogP contribution is -2.09. The second-order valence-electron chi connectivity index (χ2n) is 3.77. The standard InChI is InChI=1S/C13H14F2O3/c1-2-18-13(17)6-4-10(16)7-9-3-5-11(14)12(15)8-9/h3,5,8H,2,4,6-7H2,1H3. The molecule has 98 valence electrons. The molecule has 0 saturated carbocycles. The van der Waals surface area contributed by atoms with Crippen molar-refractivity contribution < 1.29 is 23.1 Å². The van der Waals surface area contributed by atoms with Gasteiger partial charge in [-0.25, -0.2) is 8.78 Å². The predicted octanol–water partition coefficient (Wildman–Crippen LogP) is 2.42. The van der Waals surface area contributed by atoms with Gasteiger partial charge in [-0.05, 0) is 24.6 Å². The Morgan fingerprint density at radius 1 is 1.17 bits per heavy atom. The molecule has 0 radical (unpaired) electrons. The van der Waals surface area contributed by atoms with Gasteiger partial charge in [-0.15, -0.1) is 0 Å². The lowest BCUT2D eigenvalue weighted by Gasteiger charge is -2.03. The van der Waals surface area contributed by atoms with E-state index in [0.29, 0.717) is 5.56 Å². The molecule has 0 aliphatic heterocycles. The fourth-order valence-corrected chi connectivity index (χ4v) is 1.44. The molecule has 0 unspecified atom stereocenters. The first-order chi connectivity index (χ1) is 8.52. The van der Waals surface area contributed by atoms with E-state index in [4.69, 9.17) is 0 Å². The third kappa shape index (κ3) is 4.61. The summed E-state index contributed by atoms with van der Waals surface area (Å²) >= 11 is 0. The Morgan fingerprint density at radius 2 is 1.89 bits per heavy atom. The molecule has 0 aliphatic carbocycles. The molecule has 18 heavy (non-hydrogen) atoms. The van der Waals surface area contributed by atoms with Gasteiger partial charge in [0.2, 0.25) is 0 Å². The number of hydrogen-bond donors (Lipinski definition) is 0. The highest BCUT2D eigenvalue weighted by molar-refractivity contribution is 5.84. The molecule has 1 rings (SSSR count). The van der Waals surface area contributed by atoms with Crippen molar-refractivity contribution >= 4 is 11.8 Å². The molecule has 1 aromatic carbocycles. The molecular formula is C13H14F2O3. The SMILES string of the molecule is CCOC(=O)CCC(=O)Cc1ccc(F)c(F)c1. The van der Waals surface area contributed by atoms with Crippen molar-refractivity contribution in [1.29, 1.82) is 0 Å². The summed E-state index contributed by atoms with van der Waals surface area (Å²) in [4.78, 5) is 22.5. The number of ketones is 1. The summed E-state index contributed by atoms with van der Waals surface area (Å²) in [6.07, 6.45) is 0.0325. The summed E-state index contributed by atoms with van der Waals surface area (Å²) in [5.41, 5.74) is 0.391. The third-order valence-electron chi connectivity index (χ3n) is 2.30. The maximum atomic E-state index is 12.9. The highest BCUT2D eigenvalue weighted by Crippen LogP contribution is 2.10. The zero-order valence-corrected chi connectivity index (χ0v) is 10.0. The van der Waals surface area contributed by atoms with Crippen molar-refractivity contribution in [3.63, 3.8) is 0 Å². The van der Waals surface area contributed by atoms with E-state index >= 15 is 0 Å². The molecular weight excluding hydrogens is 242 g/mol. The van der Waals surface area contributed by atoms with Crippen LogP contribution >= 0.6 is 0 Å². The Hall–Kier alpha value is -1.78. The molecule has 0 N–H and O–H groups in total. The van der Waals surface area contributed by atoms with E-state index in [1.807, 2.05) is 0 Å². The van der Waals surface area contributed by atoms with Crippen LogP contribution in [0.3, 0.4) is 0 Å². The van der Waals surface area contributed by atoms with Crippen molar-refractivity contribution in [2.24, 2.45) is 0 Å². The van der Waals surface area contributed by atoms with Gasteiger partial charge in [0.25, 0.3) is 0 Å². The van der Waals surface area contributed by atoms with Crippen LogP contribution in [-0.4, -0.2) is 18.4 Å². The van der Waals surface area contributed by atoms with Crippen LogP contribution in [0.4, 0.5) is 8.78 Å². The summed E-state index contributed by atoms with van der Waals surface area (Å²) < 4.78 is 30.2. The van der Waals surface area contributed by atoms with Gasteiger partial charge in [-0.3, -0.25) is 9.59 Å². The number of rotatable bonds is 6. The summed E-state index contributed by atoms with van der Waals surface area (Å²) in [6, 6.07) is 3.31. The summed E-state index contributed by atoms with van der Waals surface area (Å²) in [5, 5.41) is 0. The van der Waals surface area contributed by atoms with Gasteiger partial charge in [0, 0.05) is 12.8 Å². The smallest absolute Gasteiger partial charge is 0.306 e. The molecule has 3 nitrogen and oxygen atoms in total. The fourth-order valence-electron chi connectivity index (χ4n) is 1.44. The average Bonchev–Trinajstić information content (AvgIpc) is 2.32. The second-order valence-corrected chi connectivity index (χ2v) is 3.77. The topological polar surface area (TPSA) is 43.4 Å². The maximum Gasteiger partial charge on any atom is 0.306 e. The molecule has 0 spiro atoms. The van der Waals surface area contributed by atoms with E-state index in [0.717, 1.165) is 12.1 Å². The summed E-state index contributed by atoms with van der Waals surface area (Å²) in [5.74, 6) is -2.58. The zero-order chi connectivity index (χ0) is 13.5.